The van der Waals surface area contributed by atoms with Crippen LogP contribution in [0.3, 0.4) is 0 Å². The lowest BCUT2D eigenvalue weighted by Gasteiger charge is -2.17. The van der Waals surface area contributed by atoms with Crippen LogP contribution in [-0.4, -0.2) is 5.97 Å². The van der Waals surface area contributed by atoms with Crippen molar-refractivity contribution < 1.29 is 9.63 Å². The minimum absolute atomic E-state index is 0.156. The predicted octanol–water partition coefficient (Wildman–Crippen LogP) is 1.76. The summed E-state index contributed by atoms with van der Waals surface area (Å²) in [5.74, 6) is -0.431. The van der Waals surface area contributed by atoms with Crippen LogP contribution in [0.25, 0.3) is 0 Å². The molecule has 0 radical (unpaired) electrons. The molecule has 86 valence electrons. The zero-order valence-corrected chi connectivity index (χ0v) is 9.57. The summed E-state index contributed by atoms with van der Waals surface area (Å²) < 4.78 is 0. The maximum absolute atomic E-state index is 11.4. The molecular weight excluding hydrogens is 206 g/mol. The summed E-state index contributed by atoms with van der Waals surface area (Å²) in [5.41, 5.74) is 8.56. The first-order valence-electron chi connectivity index (χ1n) is 5.22. The minimum atomic E-state index is -0.275. The van der Waals surface area contributed by atoms with Crippen LogP contribution in [0.5, 0.6) is 0 Å². The third-order valence-corrected chi connectivity index (χ3v) is 2.32. The maximum Gasteiger partial charge on any atom is 0.336 e. The van der Waals surface area contributed by atoms with Gasteiger partial charge in [-0.2, -0.15) is 0 Å². The van der Waals surface area contributed by atoms with Crippen molar-refractivity contribution in [3.8, 4) is 0 Å². The fraction of sp³-hybridized carbons (Fsp3) is 0.364. The van der Waals surface area contributed by atoms with E-state index in [-0.39, 0.29) is 11.9 Å². The Labute approximate surface area is 94.3 Å². The lowest BCUT2D eigenvalue weighted by Crippen LogP contribution is -2.38. The van der Waals surface area contributed by atoms with Gasteiger partial charge in [0.2, 0.25) is 0 Å². The van der Waals surface area contributed by atoms with Crippen LogP contribution >= 0.6 is 0 Å². The number of carbonyl (C=O) groups is 1. The van der Waals surface area contributed by atoms with Gasteiger partial charge in [-0.1, -0.05) is 19.9 Å². The molecule has 0 saturated carbocycles. The van der Waals surface area contributed by atoms with Crippen molar-refractivity contribution in [3.63, 3.8) is 0 Å². The number of rotatable bonds is 2. The number of anilines is 2. The molecule has 0 aromatic heterocycles. The Balaban J connectivity index is 2.15. The monoisotopic (exact) mass is 221 g/mol. The van der Waals surface area contributed by atoms with Gasteiger partial charge in [-0.3, -0.25) is 5.43 Å². The molecule has 2 N–H and O–H groups in total. The molecule has 16 heavy (non-hydrogen) atoms. The van der Waals surface area contributed by atoms with E-state index in [1.165, 1.54) is 5.17 Å². The van der Waals surface area contributed by atoms with Gasteiger partial charge in [0.1, 0.15) is 5.69 Å². The van der Waals surface area contributed by atoms with Crippen LogP contribution in [0.4, 0.5) is 11.4 Å². The Bertz CT molecular complexity index is 418. The topological polar surface area (TPSA) is 53.6 Å². The number of aryl methyl sites for hydroxylation is 1. The molecule has 1 aliphatic heterocycles. The van der Waals surface area contributed by atoms with Gasteiger partial charge in [0.05, 0.1) is 11.6 Å². The molecule has 0 aliphatic carbocycles. The molecule has 0 bridgehead atoms. The van der Waals surface area contributed by atoms with E-state index in [4.69, 9.17) is 4.84 Å². The maximum atomic E-state index is 11.4. The first kappa shape index (κ1) is 10.8. The third-order valence-electron chi connectivity index (χ3n) is 2.32. The number of carbonyl (C=O) groups excluding carboxylic acids is 1. The highest BCUT2D eigenvalue weighted by molar-refractivity contribution is 5.77. The van der Waals surface area contributed by atoms with Gasteiger partial charge in [0.25, 0.3) is 0 Å². The summed E-state index contributed by atoms with van der Waals surface area (Å²) in [6.07, 6.45) is 0. The Morgan fingerprint density at radius 3 is 2.88 bits per heavy atom. The number of nitrogens with zero attached hydrogens (tertiary/aromatic N) is 1. The Morgan fingerprint density at radius 1 is 1.44 bits per heavy atom. The highest BCUT2D eigenvalue weighted by atomic mass is 16.7. The van der Waals surface area contributed by atoms with E-state index < -0.39 is 0 Å². The van der Waals surface area contributed by atoms with Crippen molar-refractivity contribution in [2.45, 2.75) is 20.8 Å². The highest BCUT2D eigenvalue weighted by Gasteiger charge is 2.23. The summed E-state index contributed by atoms with van der Waals surface area (Å²) in [6, 6.07) is 5.83. The molecule has 2 rings (SSSR count). The summed E-state index contributed by atoms with van der Waals surface area (Å²) in [7, 11) is 0. The second-order valence-electron chi connectivity index (χ2n) is 4.12. The number of hydrazine groups is 2. The van der Waals surface area contributed by atoms with Gasteiger partial charge >= 0.3 is 5.97 Å². The van der Waals surface area contributed by atoms with E-state index in [1.54, 1.807) is 13.8 Å². The van der Waals surface area contributed by atoms with E-state index in [1.807, 2.05) is 25.1 Å². The summed E-state index contributed by atoms with van der Waals surface area (Å²) in [5, 5.41) is 1.34. The van der Waals surface area contributed by atoms with Crippen LogP contribution in [0, 0.1) is 12.8 Å². The molecule has 5 nitrogen and oxygen atoms in total. The molecule has 0 fully saturated rings. The molecule has 0 amide bonds. The van der Waals surface area contributed by atoms with Crippen LogP contribution in [-0.2, 0) is 9.63 Å². The SMILES string of the molecule is Cc1ccc2c(c1)NNN2OC(=O)C(C)C. The van der Waals surface area contributed by atoms with Crippen LogP contribution in [0.1, 0.15) is 19.4 Å². The van der Waals surface area contributed by atoms with Crippen LogP contribution in [0.2, 0.25) is 0 Å². The largest absolute Gasteiger partial charge is 0.336 e. The van der Waals surface area contributed by atoms with Crippen molar-refractivity contribution >= 4 is 17.3 Å². The molecular formula is C11H15N3O2. The van der Waals surface area contributed by atoms with E-state index in [0.717, 1.165) is 16.9 Å². The van der Waals surface area contributed by atoms with E-state index in [2.05, 4.69) is 11.0 Å². The fourth-order valence-electron chi connectivity index (χ4n) is 1.37. The number of fused-ring (bicyclic) bond motifs is 1. The normalized spacial score (nSPS) is 13.6. The number of benzene rings is 1. The number of hydrogen-bond donors (Lipinski definition) is 2. The van der Waals surface area contributed by atoms with Gasteiger partial charge in [0.15, 0.2) is 0 Å². The summed E-state index contributed by atoms with van der Waals surface area (Å²) in [6.45, 7) is 5.59. The van der Waals surface area contributed by atoms with Crippen molar-refractivity contribution in [3.05, 3.63) is 23.8 Å². The van der Waals surface area contributed by atoms with Gasteiger partial charge in [-0.25, -0.2) is 4.79 Å². The zero-order chi connectivity index (χ0) is 11.7. The van der Waals surface area contributed by atoms with Gasteiger partial charge in [-0.05, 0) is 24.6 Å². The van der Waals surface area contributed by atoms with E-state index >= 15 is 0 Å². The molecule has 0 saturated heterocycles. The highest BCUT2D eigenvalue weighted by Crippen LogP contribution is 2.29. The van der Waals surface area contributed by atoms with Gasteiger partial charge in [-0.15, -0.1) is 10.7 Å². The van der Waals surface area contributed by atoms with Gasteiger partial charge in [0, 0.05) is 0 Å². The molecule has 1 heterocycles. The Morgan fingerprint density at radius 2 is 2.19 bits per heavy atom. The second-order valence-corrected chi connectivity index (χ2v) is 4.12. The third kappa shape index (κ3) is 1.94. The quantitative estimate of drug-likeness (QED) is 0.797. The lowest BCUT2D eigenvalue weighted by molar-refractivity contribution is -0.149. The predicted molar refractivity (Wildman–Crippen MR) is 61.3 cm³/mol. The molecule has 1 aromatic rings. The molecule has 1 aromatic carbocycles. The van der Waals surface area contributed by atoms with E-state index in [0.29, 0.717) is 0 Å². The van der Waals surface area contributed by atoms with Crippen molar-refractivity contribution in [2.24, 2.45) is 5.92 Å². The Hall–Kier alpha value is -1.75. The minimum Gasteiger partial charge on any atom is -0.323 e. The first-order valence-corrected chi connectivity index (χ1v) is 5.22. The van der Waals surface area contributed by atoms with Crippen LogP contribution < -0.4 is 16.1 Å². The van der Waals surface area contributed by atoms with Crippen molar-refractivity contribution in [1.29, 1.82) is 0 Å². The van der Waals surface area contributed by atoms with Crippen molar-refractivity contribution in [2.75, 3.05) is 10.6 Å². The smallest absolute Gasteiger partial charge is 0.323 e. The average Bonchev–Trinajstić information content (AvgIpc) is 2.60. The standard InChI is InChI=1S/C11H15N3O2/c1-7(2)11(15)16-14-10-5-4-8(3)6-9(10)12-13-14/h4-7,12-13H,1-3H3. The molecule has 1 aliphatic rings. The molecule has 0 atom stereocenters. The molecule has 0 unspecified atom stereocenters. The van der Waals surface area contributed by atoms with Gasteiger partial charge < -0.3 is 4.84 Å². The fourth-order valence-corrected chi connectivity index (χ4v) is 1.37. The van der Waals surface area contributed by atoms with Crippen LogP contribution in [0.15, 0.2) is 18.2 Å². The number of hydrogen-bond acceptors (Lipinski definition) is 5. The molecule has 5 heteroatoms. The second kappa shape index (κ2) is 4.02. The summed E-state index contributed by atoms with van der Waals surface area (Å²) in [4.78, 5) is 16.6. The lowest BCUT2D eigenvalue weighted by atomic mass is 10.2. The number of nitrogens with one attached hydrogen (secondary N) is 2. The average molecular weight is 221 g/mol. The molecule has 0 spiro atoms. The van der Waals surface area contributed by atoms with E-state index in [9.17, 15) is 4.79 Å². The zero-order valence-electron chi connectivity index (χ0n) is 9.57. The Kier molecular flexibility index (Phi) is 2.70. The van der Waals surface area contributed by atoms with Crippen molar-refractivity contribution in [1.82, 2.24) is 5.53 Å². The first-order chi connectivity index (χ1) is 7.58. The summed E-state index contributed by atoms with van der Waals surface area (Å²) >= 11 is 0.